The van der Waals surface area contributed by atoms with Crippen LogP contribution in [-0.2, 0) is 11.3 Å². The summed E-state index contributed by atoms with van der Waals surface area (Å²) in [5.41, 5.74) is 0. The first-order valence-corrected chi connectivity index (χ1v) is 6.23. The van der Waals surface area contributed by atoms with E-state index in [1.165, 1.54) is 0 Å². The average molecular weight is 236 g/mol. The van der Waals surface area contributed by atoms with Gasteiger partial charge in [-0.2, -0.15) is 0 Å². The van der Waals surface area contributed by atoms with Crippen LogP contribution in [0, 0.1) is 0 Å². The maximum Gasteiger partial charge on any atom is 0.222 e. The summed E-state index contributed by atoms with van der Waals surface area (Å²) in [7, 11) is 0. The van der Waals surface area contributed by atoms with E-state index in [4.69, 9.17) is 0 Å². The number of amides is 1. The van der Waals surface area contributed by atoms with Crippen molar-refractivity contribution in [1.82, 2.24) is 19.8 Å². The molecule has 0 spiro atoms. The summed E-state index contributed by atoms with van der Waals surface area (Å²) in [5.74, 6) is 0.277. The normalized spacial score (nSPS) is 20.5. The molecule has 0 unspecified atom stereocenters. The van der Waals surface area contributed by atoms with Gasteiger partial charge in [0.1, 0.15) is 0 Å². The maximum atomic E-state index is 12.0. The van der Waals surface area contributed by atoms with Crippen molar-refractivity contribution >= 4 is 5.91 Å². The van der Waals surface area contributed by atoms with Crippen LogP contribution in [0.1, 0.15) is 19.8 Å². The van der Waals surface area contributed by atoms with Gasteiger partial charge in [0.05, 0.1) is 6.33 Å². The number of hydrogen-bond donors (Lipinski definition) is 1. The maximum absolute atomic E-state index is 12.0. The van der Waals surface area contributed by atoms with Crippen molar-refractivity contribution in [3.05, 3.63) is 18.7 Å². The second-order valence-electron chi connectivity index (χ2n) is 4.54. The molecule has 0 radical (unpaired) electrons. The topological polar surface area (TPSA) is 50.2 Å². The Balaban J connectivity index is 1.73. The van der Waals surface area contributed by atoms with Crippen molar-refractivity contribution < 1.29 is 4.79 Å². The van der Waals surface area contributed by atoms with Crippen LogP contribution in [0.15, 0.2) is 18.7 Å². The minimum absolute atomic E-state index is 0.277. The zero-order valence-corrected chi connectivity index (χ0v) is 10.3. The first kappa shape index (κ1) is 12.1. The average Bonchev–Trinajstić information content (AvgIpc) is 2.82. The molecule has 0 aliphatic carbocycles. The Morgan fingerprint density at radius 1 is 1.59 bits per heavy atom. The quantitative estimate of drug-likeness (QED) is 0.827. The smallest absolute Gasteiger partial charge is 0.222 e. The third-order valence-corrected chi connectivity index (χ3v) is 3.19. The van der Waals surface area contributed by atoms with Crippen LogP contribution in [-0.4, -0.2) is 46.0 Å². The molecule has 5 nitrogen and oxygen atoms in total. The molecule has 1 aliphatic heterocycles. The fourth-order valence-electron chi connectivity index (χ4n) is 2.19. The lowest BCUT2D eigenvalue weighted by molar-refractivity contribution is -0.134. The molecule has 1 atom stereocenters. The summed E-state index contributed by atoms with van der Waals surface area (Å²) in [6, 6.07) is 0.324. The lowest BCUT2D eigenvalue weighted by Crippen LogP contribution is -2.52. The van der Waals surface area contributed by atoms with E-state index < -0.39 is 0 Å². The SMILES string of the molecule is C[C@H]1CNCCN1C(=O)CCCn1ccnc1. The second kappa shape index (κ2) is 5.82. The highest BCUT2D eigenvalue weighted by atomic mass is 16.2. The first-order chi connectivity index (χ1) is 8.27. The number of nitrogens with one attached hydrogen (secondary N) is 1. The third kappa shape index (κ3) is 3.30. The number of nitrogens with zero attached hydrogens (tertiary/aromatic N) is 3. The molecule has 0 bridgehead atoms. The predicted molar refractivity (Wildman–Crippen MR) is 65.5 cm³/mol. The molecule has 0 aromatic carbocycles. The van der Waals surface area contributed by atoms with Gasteiger partial charge >= 0.3 is 0 Å². The van der Waals surface area contributed by atoms with Gasteiger partial charge in [0.25, 0.3) is 0 Å². The Labute approximate surface area is 102 Å². The number of aromatic nitrogens is 2. The number of carbonyl (C=O) groups is 1. The molecule has 1 amide bonds. The van der Waals surface area contributed by atoms with Crippen molar-refractivity contribution in [3.8, 4) is 0 Å². The van der Waals surface area contributed by atoms with Gasteiger partial charge in [0, 0.05) is 51.0 Å². The largest absolute Gasteiger partial charge is 0.337 e. The Kier molecular flexibility index (Phi) is 4.14. The molecule has 1 N–H and O–H groups in total. The fourth-order valence-corrected chi connectivity index (χ4v) is 2.19. The summed E-state index contributed by atoms with van der Waals surface area (Å²) in [6.07, 6.45) is 6.99. The van der Waals surface area contributed by atoms with Gasteiger partial charge in [-0.15, -0.1) is 0 Å². The zero-order chi connectivity index (χ0) is 12.1. The van der Waals surface area contributed by atoms with Crippen LogP contribution in [0.3, 0.4) is 0 Å². The van der Waals surface area contributed by atoms with Crippen LogP contribution in [0.5, 0.6) is 0 Å². The van der Waals surface area contributed by atoms with Gasteiger partial charge in [-0.3, -0.25) is 4.79 Å². The van der Waals surface area contributed by atoms with Crippen LogP contribution >= 0.6 is 0 Å². The Hall–Kier alpha value is -1.36. The number of hydrogen-bond acceptors (Lipinski definition) is 3. The van der Waals surface area contributed by atoms with Gasteiger partial charge in [-0.25, -0.2) is 4.98 Å². The van der Waals surface area contributed by atoms with Crippen molar-refractivity contribution in [2.75, 3.05) is 19.6 Å². The van der Waals surface area contributed by atoms with Gasteiger partial charge in [-0.1, -0.05) is 0 Å². The van der Waals surface area contributed by atoms with E-state index in [2.05, 4.69) is 17.2 Å². The molecule has 94 valence electrons. The molecule has 0 saturated carbocycles. The van der Waals surface area contributed by atoms with E-state index >= 15 is 0 Å². The molecule has 2 heterocycles. The molecule has 1 saturated heterocycles. The number of rotatable bonds is 4. The molecule has 1 fully saturated rings. The molecule has 2 rings (SSSR count). The molecule has 1 aromatic rings. The van der Waals surface area contributed by atoms with Crippen molar-refractivity contribution in [1.29, 1.82) is 0 Å². The van der Waals surface area contributed by atoms with E-state index in [-0.39, 0.29) is 5.91 Å². The van der Waals surface area contributed by atoms with Crippen LogP contribution in [0.2, 0.25) is 0 Å². The molecular weight excluding hydrogens is 216 g/mol. The lowest BCUT2D eigenvalue weighted by Gasteiger charge is -2.34. The zero-order valence-electron chi connectivity index (χ0n) is 10.3. The van der Waals surface area contributed by atoms with Crippen molar-refractivity contribution in [3.63, 3.8) is 0 Å². The minimum atomic E-state index is 0.277. The number of piperazine rings is 1. The summed E-state index contributed by atoms with van der Waals surface area (Å²) in [4.78, 5) is 18.0. The standard InChI is InChI=1S/C12H20N4O/c1-11-9-13-5-8-16(11)12(17)3-2-6-15-7-4-14-10-15/h4,7,10-11,13H,2-3,5-6,8-9H2,1H3/t11-/m0/s1. The number of imidazole rings is 1. The van der Waals surface area contributed by atoms with E-state index in [1.807, 2.05) is 15.7 Å². The Bertz CT molecular complexity index is 349. The van der Waals surface area contributed by atoms with Gasteiger partial charge in [-0.05, 0) is 13.3 Å². The molecule has 1 aliphatic rings. The third-order valence-electron chi connectivity index (χ3n) is 3.19. The second-order valence-corrected chi connectivity index (χ2v) is 4.54. The fraction of sp³-hybridized carbons (Fsp3) is 0.667. The number of aryl methyl sites for hydroxylation is 1. The molecule has 1 aromatic heterocycles. The highest BCUT2D eigenvalue weighted by Gasteiger charge is 2.21. The highest BCUT2D eigenvalue weighted by molar-refractivity contribution is 5.76. The van der Waals surface area contributed by atoms with Crippen LogP contribution < -0.4 is 5.32 Å². The Morgan fingerprint density at radius 2 is 2.47 bits per heavy atom. The Morgan fingerprint density at radius 3 is 3.18 bits per heavy atom. The van der Waals surface area contributed by atoms with E-state index in [0.717, 1.165) is 32.6 Å². The molecule has 17 heavy (non-hydrogen) atoms. The van der Waals surface area contributed by atoms with Gasteiger partial charge < -0.3 is 14.8 Å². The minimum Gasteiger partial charge on any atom is -0.337 e. The monoisotopic (exact) mass is 236 g/mol. The van der Waals surface area contributed by atoms with Gasteiger partial charge in [0.15, 0.2) is 0 Å². The lowest BCUT2D eigenvalue weighted by atomic mass is 10.2. The molecular formula is C12H20N4O. The highest BCUT2D eigenvalue weighted by Crippen LogP contribution is 2.07. The summed E-state index contributed by atoms with van der Waals surface area (Å²) >= 11 is 0. The molecule has 5 heteroatoms. The van der Waals surface area contributed by atoms with E-state index in [0.29, 0.717) is 12.5 Å². The summed E-state index contributed by atoms with van der Waals surface area (Å²) in [6.45, 7) is 5.63. The first-order valence-electron chi connectivity index (χ1n) is 6.23. The van der Waals surface area contributed by atoms with Crippen molar-refractivity contribution in [2.24, 2.45) is 0 Å². The van der Waals surface area contributed by atoms with E-state index in [9.17, 15) is 4.79 Å². The van der Waals surface area contributed by atoms with Crippen LogP contribution in [0.4, 0.5) is 0 Å². The van der Waals surface area contributed by atoms with Crippen LogP contribution in [0.25, 0.3) is 0 Å². The van der Waals surface area contributed by atoms with Gasteiger partial charge in [0.2, 0.25) is 5.91 Å². The van der Waals surface area contributed by atoms with E-state index in [1.54, 1.807) is 12.5 Å². The summed E-state index contributed by atoms with van der Waals surface area (Å²) in [5, 5.41) is 3.29. The summed E-state index contributed by atoms with van der Waals surface area (Å²) < 4.78 is 2.01. The number of carbonyl (C=O) groups excluding carboxylic acids is 1. The van der Waals surface area contributed by atoms with Crippen molar-refractivity contribution in [2.45, 2.75) is 32.4 Å². The predicted octanol–water partition coefficient (Wildman–Crippen LogP) is 0.484.